The summed E-state index contributed by atoms with van der Waals surface area (Å²) in [6, 6.07) is 3.82. The second-order valence-corrected chi connectivity index (χ2v) is 3.95. The largest absolute Gasteiger partial charge is 0.398 e. The van der Waals surface area contributed by atoms with Gasteiger partial charge in [-0.2, -0.15) is 0 Å². The predicted octanol–water partition coefficient (Wildman–Crippen LogP) is 0.328. The molecule has 0 atom stereocenters. The third-order valence-corrected chi connectivity index (χ3v) is 2.66. The van der Waals surface area contributed by atoms with Gasteiger partial charge in [0, 0.05) is 11.3 Å². The van der Waals surface area contributed by atoms with Crippen molar-refractivity contribution >= 4 is 16.9 Å². The van der Waals surface area contributed by atoms with Crippen LogP contribution in [0.5, 0.6) is 0 Å². The van der Waals surface area contributed by atoms with Crippen LogP contribution in [0.1, 0.15) is 0 Å². The number of hydrogen-bond donors (Lipinski definition) is 4. The minimum atomic E-state index is -0.650. The molecule has 0 amide bonds. The Hall–Kier alpha value is -2.90. The number of fused-ring (bicyclic) bond motifs is 1. The standard InChI is InChI=1S/C11H8FN5O2/c12-4-1-2-5(6(13)3-4)8-14-7-9(15-8)16-11(19)17-10(7)18/h1-3H,13H2,(H3,14,15,16,17,18,19). The molecule has 0 radical (unpaired) electrons. The summed E-state index contributed by atoms with van der Waals surface area (Å²) in [4.78, 5) is 33.9. The number of hydrogen-bond acceptors (Lipinski definition) is 4. The summed E-state index contributed by atoms with van der Waals surface area (Å²) >= 11 is 0. The number of nitrogens with two attached hydrogens (primary N) is 1. The minimum Gasteiger partial charge on any atom is -0.398 e. The molecular weight excluding hydrogens is 253 g/mol. The minimum absolute atomic E-state index is 0.118. The van der Waals surface area contributed by atoms with Crippen molar-refractivity contribution in [2.24, 2.45) is 0 Å². The van der Waals surface area contributed by atoms with Gasteiger partial charge in [-0.15, -0.1) is 0 Å². The van der Waals surface area contributed by atoms with Gasteiger partial charge in [0.2, 0.25) is 0 Å². The molecule has 2 aromatic heterocycles. The Bertz CT molecular complexity index is 892. The lowest BCUT2D eigenvalue weighted by molar-refractivity contribution is 0.628. The van der Waals surface area contributed by atoms with Gasteiger partial charge in [-0.25, -0.2) is 14.2 Å². The predicted molar refractivity (Wildman–Crippen MR) is 67.1 cm³/mol. The zero-order valence-corrected chi connectivity index (χ0v) is 9.45. The van der Waals surface area contributed by atoms with Gasteiger partial charge in [0.25, 0.3) is 5.56 Å². The second kappa shape index (κ2) is 3.80. The number of nitrogens with one attached hydrogen (secondary N) is 3. The van der Waals surface area contributed by atoms with Crippen LogP contribution < -0.4 is 17.0 Å². The van der Waals surface area contributed by atoms with Gasteiger partial charge in [-0.3, -0.25) is 14.8 Å². The van der Waals surface area contributed by atoms with E-state index >= 15 is 0 Å². The summed E-state index contributed by atoms with van der Waals surface area (Å²) in [7, 11) is 0. The molecule has 0 aliphatic rings. The van der Waals surface area contributed by atoms with Crippen LogP contribution in [0.15, 0.2) is 27.8 Å². The lowest BCUT2D eigenvalue weighted by Crippen LogP contribution is -2.21. The molecule has 0 bridgehead atoms. The van der Waals surface area contributed by atoms with Crippen LogP contribution >= 0.6 is 0 Å². The van der Waals surface area contributed by atoms with E-state index in [9.17, 15) is 14.0 Å². The molecule has 2 heterocycles. The zero-order valence-electron chi connectivity index (χ0n) is 9.45. The van der Waals surface area contributed by atoms with E-state index in [-0.39, 0.29) is 22.7 Å². The first kappa shape index (κ1) is 11.2. The Morgan fingerprint density at radius 2 is 1.95 bits per heavy atom. The van der Waals surface area contributed by atoms with Crippen molar-refractivity contribution in [1.82, 2.24) is 19.9 Å². The van der Waals surface area contributed by atoms with Crippen LogP contribution in [-0.4, -0.2) is 19.9 Å². The van der Waals surface area contributed by atoms with Crippen molar-refractivity contribution in [2.45, 2.75) is 0 Å². The van der Waals surface area contributed by atoms with Gasteiger partial charge in [-0.1, -0.05) is 0 Å². The number of halogens is 1. The van der Waals surface area contributed by atoms with Gasteiger partial charge in [0.1, 0.15) is 17.2 Å². The Labute approximate surface area is 104 Å². The summed E-state index contributed by atoms with van der Waals surface area (Å²) in [5, 5.41) is 0. The molecule has 7 nitrogen and oxygen atoms in total. The van der Waals surface area contributed by atoms with Gasteiger partial charge in [0.15, 0.2) is 5.65 Å². The maximum Gasteiger partial charge on any atom is 0.327 e. The van der Waals surface area contributed by atoms with Crippen LogP contribution in [0.4, 0.5) is 10.1 Å². The Kier molecular flexibility index (Phi) is 2.24. The lowest BCUT2D eigenvalue weighted by Gasteiger charge is -2.01. The zero-order chi connectivity index (χ0) is 13.6. The first-order chi connectivity index (χ1) is 9.04. The fourth-order valence-electron chi connectivity index (χ4n) is 1.81. The molecule has 0 saturated heterocycles. The van der Waals surface area contributed by atoms with E-state index in [1.54, 1.807) is 0 Å². The van der Waals surface area contributed by atoms with E-state index in [2.05, 4.69) is 19.9 Å². The Balaban J connectivity index is 2.29. The highest BCUT2D eigenvalue weighted by atomic mass is 19.1. The van der Waals surface area contributed by atoms with Gasteiger partial charge < -0.3 is 10.7 Å². The maximum absolute atomic E-state index is 13.0. The van der Waals surface area contributed by atoms with Crippen molar-refractivity contribution < 1.29 is 4.39 Å². The van der Waals surface area contributed by atoms with Gasteiger partial charge in [0.05, 0.1) is 0 Å². The Morgan fingerprint density at radius 3 is 2.68 bits per heavy atom. The van der Waals surface area contributed by atoms with Crippen LogP contribution in [0.25, 0.3) is 22.6 Å². The van der Waals surface area contributed by atoms with Crippen molar-refractivity contribution in [2.75, 3.05) is 5.73 Å². The number of anilines is 1. The quantitative estimate of drug-likeness (QED) is 0.471. The number of aromatic nitrogens is 4. The first-order valence-corrected chi connectivity index (χ1v) is 5.32. The third kappa shape index (κ3) is 1.79. The molecular formula is C11H8FN5O2. The fraction of sp³-hybridized carbons (Fsp3) is 0. The highest BCUT2D eigenvalue weighted by molar-refractivity contribution is 5.79. The number of H-pyrrole nitrogens is 3. The molecule has 96 valence electrons. The topological polar surface area (TPSA) is 120 Å². The van der Waals surface area contributed by atoms with E-state index in [1.807, 2.05) is 0 Å². The monoisotopic (exact) mass is 261 g/mol. The molecule has 3 rings (SSSR count). The van der Waals surface area contributed by atoms with E-state index < -0.39 is 17.1 Å². The molecule has 8 heteroatoms. The normalized spacial score (nSPS) is 11.0. The van der Waals surface area contributed by atoms with Crippen LogP contribution in [0.2, 0.25) is 0 Å². The van der Waals surface area contributed by atoms with E-state index in [0.29, 0.717) is 5.56 Å². The van der Waals surface area contributed by atoms with Gasteiger partial charge >= 0.3 is 5.69 Å². The number of nitrogens with zero attached hydrogens (tertiary/aromatic N) is 1. The summed E-state index contributed by atoms with van der Waals surface area (Å²) in [5.74, 6) is -0.191. The summed E-state index contributed by atoms with van der Waals surface area (Å²) in [6.45, 7) is 0. The first-order valence-electron chi connectivity index (χ1n) is 5.32. The number of benzene rings is 1. The summed E-state index contributed by atoms with van der Waals surface area (Å²) in [6.07, 6.45) is 0. The molecule has 3 aromatic rings. The average Bonchev–Trinajstić information content (AvgIpc) is 2.72. The summed E-state index contributed by atoms with van der Waals surface area (Å²) in [5.41, 5.74) is 5.31. The van der Waals surface area contributed by atoms with Crippen molar-refractivity contribution in [3.8, 4) is 11.4 Å². The van der Waals surface area contributed by atoms with Crippen LogP contribution in [0.3, 0.4) is 0 Å². The molecule has 1 aromatic carbocycles. The second-order valence-electron chi connectivity index (χ2n) is 3.95. The lowest BCUT2D eigenvalue weighted by atomic mass is 10.1. The van der Waals surface area contributed by atoms with Crippen LogP contribution in [0, 0.1) is 5.82 Å². The third-order valence-electron chi connectivity index (χ3n) is 2.66. The van der Waals surface area contributed by atoms with Gasteiger partial charge in [-0.05, 0) is 18.2 Å². The Morgan fingerprint density at radius 1 is 1.16 bits per heavy atom. The highest BCUT2D eigenvalue weighted by Crippen LogP contribution is 2.24. The number of aromatic amines is 3. The molecule has 0 aliphatic heterocycles. The molecule has 0 spiro atoms. The molecule has 0 saturated carbocycles. The maximum atomic E-state index is 13.0. The summed E-state index contributed by atoms with van der Waals surface area (Å²) < 4.78 is 13.0. The molecule has 0 aliphatic carbocycles. The number of imidazole rings is 1. The number of nitrogen functional groups attached to an aromatic ring is 1. The molecule has 5 N–H and O–H groups in total. The van der Waals surface area contributed by atoms with E-state index in [4.69, 9.17) is 5.73 Å². The molecule has 19 heavy (non-hydrogen) atoms. The molecule has 0 fully saturated rings. The molecule has 0 unspecified atom stereocenters. The van der Waals surface area contributed by atoms with E-state index in [1.165, 1.54) is 12.1 Å². The smallest absolute Gasteiger partial charge is 0.327 e. The van der Waals surface area contributed by atoms with Crippen LogP contribution in [-0.2, 0) is 0 Å². The van der Waals surface area contributed by atoms with Crippen molar-refractivity contribution in [3.05, 3.63) is 44.9 Å². The van der Waals surface area contributed by atoms with Crippen molar-refractivity contribution in [1.29, 1.82) is 0 Å². The van der Waals surface area contributed by atoms with Crippen molar-refractivity contribution in [3.63, 3.8) is 0 Å². The average molecular weight is 261 g/mol. The number of rotatable bonds is 1. The SMILES string of the molecule is Nc1cc(F)ccc1-c1nc2[nH]c(=O)[nH]c(=O)c2[nH]1. The van der Waals surface area contributed by atoms with E-state index in [0.717, 1.165) is 6.07 Å². The highest BCUT2D eigenvalue weighted by Gasteiger charge is 2.11. The fourth-order valence-corrected chi connectivity index (χ4v) is 1.81.